The largest absolute Gasteiger partial charge is 0.323 e. The molecule has 110 valence electrons. The van der Waals surface area contributed by atoms with E-state index < -0.39 is 0 Å². The molecule has 0 spiro atoms. The number of imidazole rings is 1. The number of hydrogen-bond donors (Lipinski definition) is 2. The molecule has 1 amide bonds. The van der Waals surface area contributed by atoms with Gasteiger partial charge in [-0.15, -0.1) is 0 Å². The Balaban J connectivity index is 1.63. The summed E-state index contributed by atoms with van der Waals surface area (Å²) in [4.78, 5) is 20.5. The number of anilines is 1. The molecule has 0 aromatic carbocycles. The van der Waals surface area contributed by atoms with Crippen LogP contribution >= 0.6 is 0 Å². The Kier molecular flexibility index (Phi) is 4.25. The zero-order valence-corrected chi connectivity index (χ0v) is 11.8. The number of rotatable bonds is 3. The van der Waals surface area contributed by atoms with Crippen LogP contribution in [0.5, 0.6) is 0 Å². The highest BCUT2D eigenvalue weighted by atomic mass is 16.2. The lowest BCUT2D eigenvalue weighted by molar-refractivity contribution is -0.118. The van der Waals surface area contributed by atoms with E-state index in [1.165, 1.54) is 6.42 Å². The maximum absolute atomic E-state index is 12.2. The van der Waals surface area contributed by atoms with Crippen molar-refractivity contribution in [1.29, 1.82) is 0 Å². The molecule has 2 N–H and O–H groups in total. The summed E-state index contributed by atoms with van der Waals surface area (Å²) in [5.41, 5.74) is 0.718. The Labute approximate surface area is 123 Å². The first-order valence-electron chi connectivity index (χ1n) is 7.31. The summed E-state index contributed by atoms with van der Waals surface area (Å²) in [6.45, 7) is 0.913. The maximum Gasteiger partial charge on any atom is 0.241 e. The van der Waals surface area contributed by atoms with Crippen LogP contribution in [0.1, 0.15) is 25.7 Å². The lowest BCUT2D eigenvalue weighted by Gasteiger charge is -2.15. The summed E-state index contributed by atoms with van der Waals surface area (Å²) in [6.07, 6.45) is 11.2. The highest BCUT2D eigenvalue weighted by Gasteiger charge is 2.19. The molecule has 2 aromatic heterocycles. The smallest absolute Gasteiger partial charge is 0.241 e. The fourth-order valence-corrected chi connectivity index (χ4v) is 2.49. The van der Waals surface area contributed by atoms with E-state index in [4.69, 9.17) is 0 Å². The molecular weight excluding hydrogens is 266 g/mol. The zero-order chi connectivity index (χ0) is 14.5. The number of hydrogen-bond acceptors (Lipinski definition) is 4. The molecule has 21 heavy (non-hydrogen) atoms. The molecule has 6 heteroatoms. The second-order valence-electron chi connectivity index (χ2n) is 5.22. The van der Waals surface area contributed by atoms with Gasteiger partial charge in [0.1, 0.15) is 12.1 Å². The van der Waals surface area contributed by atoms with Crippen LogP contribution in [0.15, 0.2) is 37.1 Å². The van der Waals surface area contributed by atoms with E-state index in [2.05, 4.69) is 20.6 Å². The third kappa shape index (κ3) is 3.46. The number of amides is 1. The van der Waals surface area contributed by atoms with Crippen molar-refractivity contribution in [3.8, 4) is 5.82 Å². The summed E-state index contributed by atoms with van der Waals surface area (Å²) >= 11 is 0. The highest BCUT2D eigenvalue weighted by molar-refractivity contribution is 5.94. The monoisotopic (exact) mass is 285 g/mol. The number of carbonyl (C=O) groups is 1. The fourth-order valence-electron chi connectivity index (χ4n) is 2.49. The molecule has 3 heterocycles. The topological polar surface area (TPSA) is 71.8 Å². The first-order chi connectivity index (χ1) is 10.3. The number of aromatic nitrogens is 3. The van der Waals surface area contributed by atoms with E-state index in [0.29, 0.717) is 0 Å². The molecule has 0 bridgehead atoms. The van der Waals surface area contributed by atoms with Gasteiger partial charge in [-0.25, -0.2) is 9.97 Å². The van der Waals surface area contributed by atoms with Gasteiger partial charge < -0.3 is 10.6 Å². The van der Waals surface area contributed by atoms with Gasteiger partial charge in [0, 0.05) is 12.4 Å². The first-order valence-corrected chi connectivity index (χ1v) is 7.31. The van der Waals surface area contributed by atoms with E-state index in [1.807, 2.05) is 22.9 Å². The number of nitrogens with zero attached hydrogens (tertiary/aromatic N) is 3. The van der Waals surface area contributed by atoms with E-state index in [9.17, 15) is 4.79 Å². The van der Waals surface area contributed by atoms with Gasteiger partial charge in [0.05, 0.1) is 17.9 Å². The SMILES string of the molecule is O=C(Nc1ccc(-n2ccnc2)nc1)C1CCCCCN1. The van der Waals surface area contributed by atoms with Gasteiger partial charge in [0.25, 0.3) is 0 Å². The van der Waals surface area contributed by atoms with Crippen LogP contribution in [0.3, 0.4) is 0 Å². The average Bonchev–Trinajstić information content (AvgIpc) is 2.90. The molecule has 1 aliphatic heterocycles. The van der Waals surface area contributed by atoms with Gasteiger partial charge in [0.2, 0.25) is 5.91 Å². The second-order valence-corrected chi connectivity index (χ2v) is 5.22. The van der Waals surface area contributed by atoms with Crippen molar-refractivity contribution in [2.75, 3.05) is 11.9 Å². The van der Waals surface area contributed by atoms with Gasteiger partial charge in [0.15, 0.2) is 0 Å². The van der Waals surface area contributed by atoms with Crippen molar-refractivity contribution >= 4 is 11.6 Å². The standard InChI is InChI=1S/C15H19N5O/c21-15(13-4-2-1-3-7-17-13)19-12-5-6-14(18-10-12)20-9-8-16-11-20/h5-6,8-11,13,17H,1-4,7H2,(H,19,21). The van der Waals surface area contributed by atoms with Crippen LogP contribution in [0, 0.1) is 0 Å². The highest BCUT2D eigenvalue weighted by Crippen LogP contribution is 2.13. The van der Waals surface area contributed by atoms with E-state index >= 15 is 0 Å². The number of nitrogens with one attached hydrogen (secondary N) is 2. The maximum atomic E-state index is 12.2. The predicted octanol–water partition coefficient (Wildman–Crippen LogP) is 1.74. The van der Waals surface area contributed by atoms with E-state index in [0.717, 1.165) is 37.3 Å². The minimum Gasteiger partial charge on any atom is -0.323 e. The molecule has 1 atom stereocenters. The van der Waals surface area contributed by atoms with E-state index in [1.54, 1.807) is 18.7 Å². The van der Waals surface area contributed by atoms with Crippen molar-refractivity contribution in [3.05, 3.63) is 37.1 Å². The summed E-state index contributed by atoms with van der Waals surface area (Å²) in [5, 5.41) is 6.21. The number of carbonyl (C=O) groups excluding carboxylic acids is 1. The Bertz CT molecular complexity index is 571. The van der Waals surface area contributed by atoms with Crippen molar-refractivity contribution in [1.82, 2.24) is 19.9 Å². The predicted molar refractivity (Wildman–Crippen MR) is 80.2 cm³/mol. The fraction of sp³-hybridized carbons (Fsp3) is 0.400. The molecule has 1 aliphatic rings. The lowest BCUT2D eigenvalue weighted by atomic mass is 10.1. The quantitative estimate of drug-likeness (QED) is 0.901. The van der Waals surface area contributed by atoms with Crippen LogP contribution < -0.4 is 10.6 Å². The second kappa shape index (κ2) is 6.49. The van der Waals surface area contributed by atoms with Gasteiger partial charge in [-0.2, -0.15) is 0 Å². The molecule has 0 aliphatic carbocycles. The molecule has 0 radical (unpaired) electrons. The van der Waals surface area contributed by atoms with Crippen LogP contribution in [0.4, 0.5) is 5.69 Å². The third-order valence-electron chi connectivity index (χ3n) is 3.66. The summed E-state index contributed by atoms with van der Waals surface area (Å²) in [6, 6.07) is 3.62. The first kappa shape index (κ1) is 13.8. The van der Waals surface area contributed by atoms with Crippen molar-refractivity contribution < 1.29 is 4.79 Å². The van der Waals surface area contributed by atoms with Gasteiger partial charge >= 0.3 is 0 Å². The Morgan fingerprint density at radius 1 is 1.33 bits per heavy atom. The Morgan fingerprint density at radius 2 is 2.29 bits per heavy atom. The molecule has 2 aromatic rings. The molecule has 3 rings (SSSR count). The number of pyridine rings is 1. The van der Waals surface area contributed by atoms with Crippen molar-refractivity contribution in [2.24, 2.45) is 0 Å². The minimum atomic E-state index is -0.0965. The molecule has 0 saturated carbocycles. The average molecular weight is 285 g/mol. The Hall–Kier alpha value is -2.21. The summed E-state index contributed by atoms with van der Waals surface area (Å²) < 4.78 is 1.82. The summed E-state index contributed by atoms with van der Waals surface area (Å²) in [5.74, 6) is 0.798. The normalized spacial score (nSPS) is 19.0. The molecule has 1 fully saturated rings. The van der Waals surface area contributed by atoms with Crippen LogP contribution in [-0.4, -0.2) is 33.0 Å². The third-order valence-corrected chi connectivity index (χ3v) is 3.66. The zero-order valence-electron chi connectivity index (χ0n) is 11.8. The van der Waals surface area contributed by atoms with Crippen LogP contribution in [0.25, 0.3) is 5.82 Å². The van der Waals surface area contributed by atoms with Gasteiger partial charge in [-0.1, -0.05) is 12.8 Å². The molecule has 1 unspecified atom stereocenters. The molecule has 1 saturated heterocycles. The van der Waals surface area contributed by atoms with Gasteiger partial charge in [-0.3, -0.25) is 9.36 Å². The van der Waals surface area contributed by atoms with Crippen LogP contribution in [-0.2, 0) is 4.79 Å². The minimum absolute atomic E-state index is 0.0223. The van der Waals surface area contributed by atoms with Crippen LogP contribution in [0.2, 0.25) is 0 Å². The Morgan fingerprint density at radius 3 is 3.05 bits per heavy atom. The van der Waals surface area contributed by atoms with Gasteiger partial charge in [-0.05, 0) is 31.5 Å². The van der Waals surface area contributed by atoms with E-state index in [-0.39, 0.29) is 11.9 Å². The summed E-state index contributed by atoms with van der Waals surface area (Å²) in [7, 11) is 0. The lowest BCUT2D eigenvalue weighted by Crippen LogP contribution is -2.39. The molecule has 6 nitrogen and oxygen atoms in total. The molecular formula is C15H19N5O. The van der Waals surface area contributed by atoms with Crippen molar-refractivity contribution in [2.45, 2.75) is 31.7 Å². The van der Waals surface area contributed by atoms with Crippen molar-refractivity contribution in [3.63, 3.8) is 0 Å².